The minimum atomic E-state index is -2.23. The zero-order valence-electron chi connectivity index (χ0n) is 37.5. The standard InChI is InChI=1S/3C17H23Si2.Cr/c3*1-18(2,16-11-7-5-8-12-16)15-19(3,4)17-13-9-6-10-14-17;/h3*5-15H,1-4H3;. The second kappa shape index (κ2) is 17.6. The first-order valence-electron chi connectivity index (χ1n) is 21.4. The van der Waals surface area contributed by atoms with Crippen molar-refractivity contribution in [2.24, 2.45) is 0 Å². The van der Waals surface area contributed by atoms with Crippen LogP contribution in [0.5, 0.6) is 0 Å². The molecule has 58 heavy (non-hydrogen) atoms. The summed E-state index contributed by atoms with van der Waals surface area (Å²) in [5, 5.41) is 9.91. The molecular formula is C51H69CrSi6. The normalized spacial score (nSPS) is 13.4. The molecule has 0 atom stereocenters. The monoisotopic (exact) mass is 901 g/mol. The van der Waals surface area contributed by atoms with Gasteiger partial charge < -0.3 is 0 Å². The summed E-state index contributed by atoms with van der Waals surface area (Å²) in [6.45, 7) is 34.0. The summed E-state index contributed by atoms with van der Waals surface area (Å²) in [4.78, 5) is 0. The number of benzene rings is 6. The van der Waals surface area contributed by atoms with Gasteiger partial charge in [-0.25, -0.2) is 0 Å². The Labute approximate surface area is 363 Å². The summed E-state index contributed by atoms with van der Waals surface area (Å²) in [5.41, 5.74) is 0. The molecule has 303 valence electrons. The fourth-order valence-electron chi connectivity index (χ4n) is 11.3. The summed E-state index contributed by atoms with van der Waals surface area (Å²) in [6.07, 6.45) is 0. The van der Waals surface area contributed by atoms with E-state index in [9.17, 15) is 0 Å². The molecule has 6 aromatic rings. The van der Waals surface area contributed by atoms with E-state index in [0.29, 0.717) is 12.1 Å². The van der Waals surface area contributed by atoms with Gasteiger partial charge in [0.25, 0.3) is 0 Å². The molecule has 0 saturated carbocycles. The first-order chi connectivity index (χ1) is 27.4. The molecule has 0 N–H and O–H groups in total. The SMILES string of the molecule is C[Si](C)(c1ccccc1)[CH]([Cr]([CH]([Si](C)(C)c1ccccc1)[Si](C)(C)c1ccccc1)[CH]([Si](C)(C)c1ccccc1)[Si](C)(C)c1ccccc1)[Si](C)(C)c1ccccc1. The van der Waals surface area contributed by atoms with Crippen LogP contribution in [0.3, 0.4) is 0 Å². The summed E-state index contributed by atoms with van der Waals surface area (Å²) in [5.74, 6) is 0. The van der Waals surface area contributed by atoms with Gasteiger partial charge in [-0.2, -0.15) is 0 Å². The maximum atomic E-state index is 2.83. The Balaban J connectivity index is 1.87. The topological polar surface area (TPSA) is 0 Å². The molecule has 0 bridgehead atoms. The zero-order chi connectivity index (χ0) is 42.0. The third kappa shape index (κ3) is 8.67. The van der Waals surface area contributed by atoms with E-state index >= 15 is 0 Å². The van der Waals surface area contributed by atoms with Gasteiger partial charge in [-0.1, -0.05) is 0 Å². The van der Waals surface area contributed by atoms with E-state index in [2.05, 4.69) is 261 Å². The van der Waals surface area contributed by atoms with Crippen molar-refractivity contribution in [3.63, 3.8) is 0 Å². The molecule has 0 aliphatic heterocycles. The predicted octanol–water partition coefficient (Wildman–Crippen LogP) is 10.9. The van der Waals surface area contributed by atoms with Gasteiger partial charge in [0.05, 0.1) is 0 Å². The van der Waals surface area contributed by atoms with Crippen LogP contribution < -0.4 is 31.1 Å². The van der Waals surface area contributed by atoms with Gasteiger partial charge in [0.1, 0.15) is 0 Å². The van der Waals surface area contributed by atoms with Crippen molar-refractivity contribution in [2.75, 3.05) is 0 Å². The van der Waals surface area contributed by atoms with Crippen molar-refractivity contribution in [1.82, 2.24) is 0 Å². The minimum absolute atomic E-state index is 0.691. The summed E-state index contributed by atoms with van der Waals surface area (Å²) >= 11 is -1.73. The second-order valence-corrected chi connectivity index (χ2v) is 57.0. The molecule has 0 spiro atoms. The van der Waals surface area contributed by atoms with E-state index < -0.39 is 62.6 Å². The number of rotatable bonds is 15. The van der Waals surface area contributed by atoms with E-state index in [-0.39, 0.29) is 0 Å². The Bertz CT molecular complexity index is 1780. The van der Waals surface area contributed by atoms with Crippen LogP contribution in [0.1, 0.15) is 0 Å². The average molecular weight is 903 g/mol. The number of hydrogen-bond donors (Lipinski definition) is 0. The molecule has 0 nitrogen and oxygen atoms in total. The summed E-state index contributed by atoms with van der Waals surface area (Å²) in [6, 6.07) is 72.1. The van der Waals surface area contributed by atoms with E-state index in [1.54, 1.807) is 31.1 Å². The maximum absolute atomic E-state index is 2.83. The van der Waals surface area contributed by atoms with Crippen molar-refractivity contribution in [3.8, 4) is 0 Å². The molecule has 6 rings (SSSR count). The van der Waals surface area contributed by atoms with Crippen LogP contribution in [-0.2, 0) is 14.1 Å². The summed E-state index contributed by atoms with van der Waals surface area (Å²) in [7, 11) is -13.4. The summed E-state index contributed by atoms with van der Waals surface area (Å²) < 4.78 is 2.07. The van der Waals surface area contributed by atoms with E-state index in [4.69, 9.17) is 0 Å². The Kier molecular flexibility index (Phi) is 13.6. The molecule has 7 heteroatoms. The predicted molar refractivity (Wildman–Crippen MR) is 273 cm³/mol. The van der Waals surface area contributed by atoms with Crippen LogP contribution in [0.4, 0.5) is 0 Å². The molecule has 6 aromatic carbocycles. The third-order valence-corrected chi connectivity index (χ3v) is 71.5. The molecule has 0 aromatic heterocycles. The van der Waals surface area contributed by atoms with Gasteiger partial charge in [-0.15, -0.1) is 0 Å². The average Bonchev–Trinajstić information content (AvgIpc) is 3.22. The molecule has 0 heterocycles. The molecule has 0 aliphatic carbocycles. The molecule has 0 amide bonds. The molecule has 0 unspecified atom stereocenters. The van der Waals surface area contributed by atoms with Crippen molar-refractivity contribution >= 4 is 79.6 Å². The molecule has 0 fully saturated rings. The van der Waals surface area contributed by atoms with Crippen LogP contribution in [0.25, 0.3) is 0 Å². The fraction of sp³-hybridized carbons (Fsp3) is 0.294. The first-order valence-corrected chi connectivity index (χ1v) is 42.1. The van der Waals surface area contributed by atoms with Crippen LogP contribution in [0.2, 0.25) is 90.6 Å². The first kappa shape index (κ1) is 44.7. The molecule has 0 radical (unpaired) electrons. The van der Waals surface area contributed by atoms with E-state index in [0.717, 1.165) is 0 Å². The van der Waals surface area contributed by atoms with Gasteiger partial charge in [0.2, 0.25) is 0 Å². The second-order valence-electron chi connectivity index (χ2n) is 20.1. The Morgan fingerprint density at radius 1 is 0.224 bits per heavy atom. The van der Waals surface area contributed by atoms with Crippen molar-refractivity contribution in [3.05, 3.63) is 182 Å². The van der Waals surface area contributed by atoms with E-state index in [1.165, 1.54) is 0 Å². The Hall–Kier alpha value is -2.85. The molecule has 0 saturated heterocycles. The van der Waals surface area contributed by atoms with Crippen LogP contribution in [0.15, 0.2) is 182 Å². The third-order valence-electron chi connectivity index (χ3n) is 13.9. The van der Waals surface area contributed by atoms with Crippen molar-refractivity contribution in [1.29, 1.82) is 0 Å². The quantitative estimate of drug-likeness (QED) is 0.0901. The molecule has 0 aliphatic rings. The Morgan fingerprint density at radius 2 is 0.345 bits per heavy atom. The molecular weight excluding hydrogens is 833 g/mol. The van der Waals surface area contributed by atoms with Gasteiger partial charge in [-0.3, -0.25) is 0 Å². The zero-order valence-corrected chi connectivity index (χ0v) is 44.7. The van der Waals surface area contributed by atoms with Crippen LogP contribution in [0, 0.1) is 0 Å². The van der Waals surface area contributed by atoms with E-state index in [1.807, 2.05) is 0 Å². The van der Waals surface area contributed by atoms with Gasteiger partial charge >= 0.3 is 366 Å². The van der Waals surface area contributed by atoms with Gasteiger partial charge in [0.15, 0.2) is 0 Å². The van der Waals surface area contributed by atoms with Gasteiger partial charge in [-0.05, 0) is 0 Å². The van der Waals surface area contributed by atoms with Crippen molar-refractivity contribution in [2.45, 2.75) is 90.6 Å². The van der Waals surface area contributed by atoms with Crippen LogP contribution >= 0.6 is 0 Å². The van der Waals surface area contributed by atoms with Gasteiger partial charge in [0, 0.05) is 0 Å². The van der Waals surface area contributed by atoms with Crippen molar-refractivity contribution < 1.29 is 14.1 Å². The number of hydrogen-bond acceptors (Lipinski definition) is 0. The van der Waals surface area contributed by atoms with Crippen LogP contribution in [-0.4, -0.2) is 48.4 Å². The fourth-order valence-corrected chi connectivity index (χ4v) is 85.8. The Morgan fingerprint density at radius 3 is 0.466 bits per heavy atom.